The largest absolute Gasteiger partial charge is 0.444 e. The monoisotopic (exact) mass is 329 g/mol. The zero-order valence-electron chi connectivity index (χ0n) is 14.6. The molecule has 0 radical (unpaired) electrons. The maximum atomic E-state index is 9.65. The molecule has 1 saturated heterocycles. The summed E-state index contributed by atoms with van der Waals surface area (Å²) in [4.78, 5) is 9.46. The van der Waals surface area contributed by atoms with Crippen LogP contribution in [0.25, 0.3) is 11.5 Å². The van der Waals surface area contributed by atoms with Crippen LogP contribution in [0.5, 0.6) is 0 Å². The number of oxazole rings is 1. The number of aromatic nitrogens is 1. The van der Waals surface area contributed by atoms with Gasteiger partial charge >= 0.3 is 0 Å². The van der Waals surface area contributed by atoms with E-state index in [0.717, 1.165) is 50.4 Å². The minimum absolute atomic E-state index is 0.269. The number of aliphatic hydroxyl groups excluding tert-OH is 1. The number of nitrogens with zero attached hydrogens (tertiary/aromatic N) is 3. The molecule has 0 spiro atoms. The summed E-state index contributed by atoms with van der Waals surface area (Å²) in [6.45, 7) is 8.65. The Morgan fingerprint density at radius 3 is 2.79 bits per heavy atom. The molecule has 1 aliphatic heterocycles. The second-order valence-electron chi connectivity index (χ2n) is 6.65. The Bertz CT molecular complexity index is 627. The van der Waals surface area contributed by atoms with Crippen molar-refractivity contribution in [1.82, 2.24) is 14.8 Å². The van der Waals surface area contributed by atoms with Gasteiger partial charge in [-0.1, -0.05) is 25.1 Å². The van der Waals surface area contributed by atoms with Gasteiger partial charge in [0.1, 0.15) is 6.26 Å². The summed E-state index contributed by atoms with van der Waals surface area (Å²) in [5.74, 6) is 0.686. The molecule has 24 heavy (non-hydrogen) atoms. The molecule has 5 heteroatoms. The minimum atomic E-state index is -0.269. The molecule has 5 nitrogen and oxygen atoms in total. The highest BCUT2D eigenvalue weighted by molar-refractivity contribution is 5.52. The van der Waals surface area contributed by atoms with Gasteiger partial charge in [0.25, 0.3) is 0 Å². The lowest BCUT2D eigenvalue weighted by Crippen LogP contribution is -2.54. The zero-order chi connectivity index (χ0) is 16.9. The summed E-state index contributed by atoms with van der Waals surface area (Å²) < 4.78 is 5.64. The molecule has 1 aliphatic rings. The summed E-state index contributed by atoms with van der Waals surface area (Å²) in [5.41, 5.74) is 1.99. The Morgan fingerprint density at radius 1 is 1.29 bits per heavy atom. The number of β-amino-alcohol motifs (C(OH)–C–C–N with tert-alkyl or cyclic N) is 1. The van der Waals surface area contributed by atoms with E-state index < -0.39 is 0 Å². The minimum Gasteiger partial charge on any atom is -0.444 e. The first-order valence-corrected chi connectivity index (χ1v) is 8.80. The van der Waals surface area contributed by atoms with Crippen LogP contribution in [-0.2, 0) is 6.54 Å². The maximum Gasteiger partial charge on any atom is 0.226 e. The van der Waals surface area contributed by atoms with Crippen LogP contribution < -0.4 is 0 Å². The van der Waals surface area contributed by atoms with Crippen LogP contribution in [0.15, 0.2) is 41.0 Å². The second kappa shape index (κ2) is 7.92. The van der Waals surface area contributed by atoms with Crippen molar-refractivity contribution < 1.29 is 9.52 Å². The Morgan fingerprint density at radius 2 is 2.08 bits per heavy atom. The third-order valence-electron chi connectivity index (χ3n) is 4.62. The second-order valence-corrected chi connectivity index (χ2v) is 6.65. The van der Waals surface area contributed by atoms with Crippen molar-refractivity contribution >= 4 is 0 Å². The van der Waals surface area contributed by atoms with Crippen molar-refractivity contribution in [3.63, 3.8) is 0 Å². The van der Waals surface area contributed by atoms with Gasteiger partial charge in [0.05, 0.1) is 11.8 Å². The van der Waals surface area contributed by atoms with Gasteiger partial charge in [-0.2, -0.15) is 0 Å². The SMILES string of the molecule is CC[C@@H]1CN(Cc2coc(-c3ccccc3)n2)CCN1C[C@@H](C)O. The molecule has 1 fully saturated rings. The van der Waals surface area contributed by atoms with E-state index in [-0.39, 0.29) is 6.10 Å². The molecular formula is C19H27N3O2. The molecule has 130 valence electrons. The van der Waals surface area contributed by atoms with Gasteiger partial charge in [-0.05, 0) is 25.5 Å². The van der Waals surface area contributed by atoms with Crippen molar-refractivity contribution in [1.29, 1.82) is 0 Å². The lowest BCUT2D eigenvalue weighted by molar-refractivity contribution is 0.0333. The predicted octanol–water partition coefficient (Wildman–Crippen LogP) is 2.62. The lowest BCUT2D eigenvalue weighted by atomic mass is 10.1. The van der Waals surface area contributed by atoms with E-state index in [1.54, 1.807) is 6.26 Å². The van der Waals surface area contributed by atoms with Crippen molar-refractivity contribution in [3.05, 3.63) is 42.3 Å². The summed E-state index contributed by atoms with van der Waals surface area (Å²) in [6.07, 6.45) is 2.59. The van der Waals surface area contributed by atoms with Gasteiger partial charge < -0.3 is 9.52 Å². The first-order chi connectivity index (χ1) is 11.7. The van der Waals surface area contributed by atoms with E-state index in [2.05, 4.69) is 21.7 Å². The van der Waals surface area contributed by atoms with Gasteiger partial charge in [-0.25, -0.2) is 4.98 Å². The summed E-state index contributed by atoms with van der Waals surface area (Å²) in [6, 6.07) is 10.5. The van der Waals surface area contributed by atoms with E-state index in [0.29, 0.717) is 11.9 Å². The highest BCUT2D eigenvalue weighted by Crippen LogP contribution is 2.20. The molecule has 1 N–H and O–H groups in total. The Kier molecular flexibility index (Phi) is 5.66. The average Bonchev–Trinajstić information content (AvgIpc) is 3.05. The number of hydrogen-bond acceptors (Lipinski definition) is 5. The first kappa shape index (κ1) is 17.1. The Hall–Kier alpha value is -1.69. The number of aliphatic hydroxyl groups is 1. The first-order valence-electron chi connectivity index (χ1n) is 8.80. The number of hydrogen-bond donors (Lipinski definition) is 1. The van der Waals surface area contributed by atoms with Crippen LogP contribution in [0.1, 0.15) is 26.0 Å². The summed E-state index contributed by atoms with van der Waals surface area (Å²) in [5, 5.41) is 9.65. The van der Waals surface area contributed by atoms with Crippen molar-refractivity contribution in [3.8, 4) is 11.5 Å². The highest BCUT2D eigenvalue weighted by atomic mass is 16.3. The fraction of sp³-hybridized carbons (Fsp3) is 0.526. The van der Waals surface area contributed by atoms with Gasteiger partial charge in [-0.15, -0.1) is 0 Å². The zero-order valence-corrected chi connectivity index (χ0v) is 14.6. The maximum absolute atomic E-state index is 9.65. The van der Waals surface area contributed by atoms with Crippen LogP contribution in [0.4, 0.5) is 0 Å². The molecule has 0 unspecified atom stereocenters. The van der Waals surface area contributed by atoms with Gasteiger partial charge in [-0.3, -0.25) is 9.80 Å². The van der Waals surface area contributed by atoms with Crippen LogP contribution >= 0.6 is 0 Å². The molecule has 3 rings (SSSR count). The van der Waals surface area contributed by atoms with E-state index in [1.807, 2.05) is 37.3 Å². The van der Waals surface area contributed by atoms with E-state index >= 15 is 0 Å². The predicted molar refractivity (Wildman–Crippen MR) is 94.5 cm³/mol. The number of rotatable bonds is 6. The smallest absolute Gasteiger partial charge is 0.226 e. The molecule has 0 saturated carbocycles. The molecule has 0 bridgehead atoms. The van der Waals surface area contributed by atoms with E-state index in [4.69, 9.17) is 4.42 Å². The van der Waals surface area contributed by atoms with Crippen molar-refractivity contribution in [2.24, 2.45) is 0 Å². The molecule has 1 aromatic heterocycles. The fourth-order valence-electron chi connectivity index (χ4n) is 3.39. The summed E-state index contributed by atoms with van der Waals surface area (Å²) >= 11 is 0. The molecule has 2 atom stereocenters. The van der Waals surface area contributed by atoms with Crippen LogP contribution in [0.2, 0.25) is 0 Å². The van der Waals surface area contributed by atoms with E-state index in [1.165, 1.54) is 0 Å². The molecule has 2 aromatic rings. The molecule has 2 heterocycles. The number of benzene rings is 1. The van der Waals surface area contributed by atoms with Crippen molar-refractivity contribution in [2.75, 3.05) is 26.2 Å². The normalized spacial score (nSPS) is 21.0. The van der Waals surface area contributed by atoms with Crippen LogP contribution in [-0.4, -0.2) is 58.2 Å². The number of piperazine rings is 1. The Balaban J connectivity index is 1.60. The van der Waals surface area contributed by atoms with Crippen molar-refractivity contribution in [2.45, 2.75) is 39.0 Å². The van der Waals surface area contributed by atoms with Gasteiger partial charge in [0.2, 0.25) is 5.89 Å². The molecule has 0 aliphatic carbocycles. The van der Waals surface area contributed by atoms with Gasteiger partial charge in [0.15, 0.2) is 0 Å². The van der Waals surface area contributed by atoms with Gasteiger partial charge in [0, 0.05) is 44.3 Å². The standard InChI is InChI=1S/C19H27N3O2/c1-3-18-13-21(9-10-22(18)11-15(2)23)12-17-14-24-19(20-17)16-7-5-4-6-8-16/h4-8,14-15,18,23H,3,9-13H2,1-2H3/t15-,18-/m1/s1. The third-order valence-corrected chi connectivity index (χ3v) is 4.62. The third kappa shape index (κ3) is 4.23. The molecule has 1 aromatic carbocycles. The Labute approximate surface area is 143 Å². The molecular weight excluding hydrogens is 302 g/mol. The van der Waals surface area contributed by atoms with E-state index in [9.17, 15) is 5.11 Å². The van der Waals surface area contributed by atoms with Crippen LogP contribution in [0, 0.1) is 0 Å². The lowest BCUT2D eigenvalue weighted by Gasteiger charge is -2.41. The van der Waals surface area contributed by atoms with Crippen LogP contribution in [0.3, 0.4) is 0 Å². The molecule has 0 amide bonds. The average molecular weight is 329 g/mol. The topological polar surface area (TPSA) is 52.7 Å². The summed E-state index contributed by atoms with van der Waals surface area (Å²) in [7, 11) is 0. The quantitative estimate of drug-likeness (QED) is 0.883. The fourth-order valence-corrected chi connectivity index (χ4v) is 3.39. The highest BCUT2D eigenvalue weighted by Gasteiger charge is 2.26.